The first-order valence-corrected chi connectivity index (χ1v) is 7.23. The van der Waals surface area contributed by atoms with Crippen LogP contribution in [0.1, 0.15) is 17.3 Å². The van der Waals surface area contributed by atoms with E-state index in [1.807, 2.05) is 0 Å². The lowest BCUT2D eigenvalue weighted by Gasteiger charge is -2.10. The van der Waals surface area contributed by atoms with Gasteiger partial charge in [-0.1, -0.05) is 0 Å². The summed E-state index contributed by atoms with van der Waals surface area (Å²) in [5.74, 6) is -2.90. The largest absolute Gasteiger partial charge is 0.504 e. The van der Waals surface area contributed by atoms with Crippen molar-refractivity contribution in [2.45, 2.75) is 6.92 Å². The number of carboxylic acid groups (broad SMARTS) is 1. The molecule has 0 atom stereocenters. The number of anilines is 1. The second-order valence-corrected chi connectivity index (χ2v) is 4.79. The van der Waals surface area contributed by atoms with Crippen LogP contribution in [0, 0.1) is 0 Å². The molecule has 0 saturated heterocycles. The van der Waals surface area contributed by atoms with Crippen molar-refractivity contribution in [2.75, 3.05) is 11.9 Å². The minimum atomic E-state index is -1.06. The number of amides is 1. The van der Waals surface area contributed by atoms with Crippen LogP contribution < -0.4 is 10.1 Å². The number of carbonyl (C=O) groups excluding carboxylic acids is 2. The van der Waals surface area contributed by atoms with E-state index >= 15 is 0 Å². The predicted molar refractivity (Wildman–Crippen MR) is 86.8 cm³/mol. The Morgan fingerprint density at radius 2 is 1.76 bits per heavy atom. The molecule has 3 N–H and O–H groups in total. The summed E-state index contributed by atoms with van der Waals surface area (Å²) in [5, 5.41) is 21.1. The quantitative estimate of drug-likeness (QED) is 0.561. The minimum Gasteiger partial charge on any atom is -0.504 e. The molecule has 8 nitrogen and oxygen atoms in total. The first-order chi connectivity index (χ1) is 11.9. The zero-order valence-corrected chi connectivity index (χ0v) is 13.2. The average molecular weight is 345 g/mol. The SMILES string of the molecule is CCOC(=O)C(=O)Nc1ccc(Oc2ccc(C(=O)O)cc2)c(O)c1. The molecule has 0 heterocycles. The predicted octanol–water partition coefficient (Wildman–Crippen LogP) is 2.38. The molecule has 0 spiro atoms. The van der Waals surface area contributed by atoms with E-state index in [2.05, 4.69) is 10.1 Å². The summed E-state index contributed by atoms with van der Waals surface area (Å²) < 4.78 is 10.00. The number of esters is 1. The molecule has 2 rings (SSSR count). The zero-order valence-electron chi connectivity index (χ0n) is 13.2. The van der Waals surface area contributed by atoms with Crippen molar-refractivity contribution >= 4 is 23.5 Å². The van der Waals surface area contributed by atoms with Gasteiger partial charge in [-0.2, -0.15) is 0 Å². The van der Waals surface area contributed by atoms with Gasteiger partial charge in [-0.3, -0.25) is 4.79 Å². The maximum Gasteiger partial charge on any atom is 0.397 e. The molecule has 2 aromatic rings. The van der Waals surface area contributed by atoms with Crippen molar-refractivity contribution in [3.05, 3.63) is 48.0 Å². The summed E-state index contributed by atoms with van der Waals surface area (Å²) in [6, 6.07) is 9.64. The average Bonchev–Trinajstić information content (AvgIpc) is 2.58. The van der Waals surface area contributed by atoms with Crippen LogP contribution in [0.5, 0.6) is 17.2 Å². The smallest absolute Gasteiger partial charge is 0.397 e. The first-order valence-electron chi connectivity index (χ1n) is 7.23. The molecule has 0 saturated carbocycles. The molecule has 0 aromatic heterocycles. The van der Waals surface area contributed by atoms with E-state index in [1.165, 1.54) is 42.5 Å². The topological polar surface area (TPSA) is 122 Å². The fourth-order valence-corrected chi connectivity index (χ4v) is 1.85. The van der Waals surface area contributed by atoms with E-state index in [0.717, 1.165) is 0 Å². The van der Waals surface area contributed by atoms with Crippen LogP contribution in [-0.4, -0.2) is 34.7 Å². The van der Waals surface area contributed by atoms with Gasteiger partial charge >= 0.3 is 17.8 Å². The summed E-state index contributed by atoms with van der Waals surface area (Å²) in [7, 11) is 0. The Hall–Kier alpha value is -3.55. The summed E-state index contributed by atoms with van der Waals surface area (Å²) in [5.41, 5.74) is 0.290. The van der Waals surface area contributed by atoms with E-state index in [1.54, 1.807) is 6.92 Å². The highest BCUT2D eigenvalue weighted by Crippen LogP contribution is 2.33. The number of nitrogens with one attached hydrogen (secondary N) is 1. The van der Waals surface area contributed by atoms with Crippen molar-refractivity contribution in [3.8, 4) is 17.2 Å². The number of carbonyl (C=O) groups is 3. The maximum atomic E-state index is 11.5. The highest BCUT2D eigenvalue weighted by molar-refractivity contribution is 6.37. The second-order valence-electron chi connectivity index (χ2n) is 4.79. The lowest BCUT2D eigenvalue weighted by atomic mass is 10.2. The Bertz CT molecular complexity index is 799. The summed E-state index contributed by atoms with van der Waals surface area (Å²) in [6.45, 7) is 1.65. The van der Waals surface area contributed by atoms with E-state index in [0.29, 0.717) is 5.75 Å². The van der Waals surface area contributed by atoms with Crippen LogP contribution in [0.3, 0.4) is 0 Å². The standard InChI is InChI=1S/C17H15NO7/c1-2-24-17(23)15(20)18-11-5-8-14(13(19)9-11)25-12-6-3-10(4-7-12)16(21)22/h3-9,19H,2H2,1H3,(H,18,20)(H,21,22). The van der Waals surface area contributed by atoms with Crippen molar-refractivity contribution in [3.63, 3.8) is 0 Å². The highest BCUT2D eigenvalue weighted by Gasteiger charge is 2.15. The third-order valence-electron chi connectivity index (χ3n) is 3.01. The zero-order chi connectivity index (χ0) is 18.4. The number of rotatable bonds is 5. The molecule has 2 aromatic carbocycles. The van der Waals surface area contributed by atoms with Gasteiger partial charge in [0, 0.05) is 11.8 Å². The normalized spacial score (nSPS) is 9.96. The van der Waals surface area contributed by atoms with Gasteiger partial charge in [0.25, 0.3) is 0 Å². The maximum absolute atomic E-state index is 11.5. The molecular weight excluding hydrogens is 330 g/mol. The Balaban J connectivity index is 2.07. The van der Waals surface area contributed by atoms with Crippen LogP contribution in [0.2, 0.25) is 0 Å². The van der Waals surface area contributed by atoms with E-state index in [9.17, 15) is 19.5 Å². The minimum absolute atomic E-state index is 0.0744. The number of benzene rings is 2. The molecular formula is C17H15NO7. The third kappa shape index (κ3) is 4.71. The molecule has 8 heteroatoms. The van der Waals surface area contributed by atoms with Gasteiger partial charge in [0.1, 0.15) is 5.75 Å². The Labute approximate surface area is 142 Å². The van der Waals surface area contributed by atoms with Crippen molar-refractivity contribution in [1.29, 1.82) is 0 Å². The van der Waals surface area contributed by atoms with Crippen molar-refractivity contribution < 1.29 is 34.1 Å². The van der Waals surface area contributed by atoms with Gasteiger partial charge in [0.15, 0.2) is 11.5 Å². The molecule has 130 valence electrons. The first kappa shape index (κ1) is 17.8. The number of phenols is 1. The molecule has 0 fully saturated rings. The van der Waals surface area contributed by atoms with E-state index in [-0.39, 0.29) is 29.4 Å². The van der Waals surface area contributed by atoms with Gasteiger partial charge in [0.2, 0.25) is 0 Å². The molecule has 0 radical (unpaired) electrons. The number of aromatic hydroxyl groups is 1. The number of phenolic OH excluding ortho intramolecular Hbond substituents is 1. The number of aromatic carboxylic acids is 1. The Morgan fingerprint density at radius 3 is 2.32 bits per heavy atom. The molecule has 0 unspecified atom stereocenters. The molecule has 1 amide bonds. The third-order valence-corrected chi connectivity index (χ3v) is 3.01. The lowest BCUT2D eigenvalue weighted by Crippen LogP contribution is -2.24. The molecule has 0 aliphatic rings. The molecule has 25 heavy (non-hydrogen) atoms. The fraction of sp³-hybridized carbons (Fsp3) is 0.118. The highest BCUT2D eigenvalue weighted by atomic mass is 16.5. The second kappa shape index (κ2) is 7.82. The Morgan fingerprint density at radius 1 is 1.08 bits per heavy atom. The molecule has 0 aliphatic carbocycles. The van der Waals surface area contributed by atoms with E-state index < -0.39 is 17.8 Å². The van der Waals surface area contributed by atoms with Gasteiger partial charge in [-0.15, -0.1) is 0 Å². The fourth-order valence-electron chi connectivity index (χ4n) is 1.85. The molecule has 0 aliphatic heterocycles. The van der Waals surface area contributed by atoms with Gasteiger partial charge in [0.05, 0.1) is 12.2 Å². The summed E-state index contributed by atoms with van der Waals surface area (Å²) in [6.07, 6.45) is 0. The van der Waals surface area contributed by atoms with Gasteiger partial charge < -0.3 is 25.0 Å². The van der Waals surface area contributed by atoms with Crippen LogP contribution >= 0.6 is 0 Å². The summed E-state index contributed by atoms with van der Waals surface area (Å²) in [4.78, 5) is 33.6. The monoisotopic (exact) mass is 345 g/mol. The summed E-state index contributed by atoms with van der Waals surface area (Å²) >= 11 is 0. The van der Waals surface area contributed by atoms with Crippen LogP contribution in [0.4, 0.5) is 5.69 Å². The number of hydrogen-bond donors (Lipinski definition) is 3. The van der Waals surface area contributed by atoms with Crippen LogP contribution in [0.25, 0.3) is 0 Å². The van der Waals surface area contributed by atoms with Crippen molar-refractivity contribution in [1.82, 2.24) is 0 Å². The van der Waals surface area contributed by atoms with Crippen LogP contribution in [0.15, 0.2) is 42.5 Å². The number of carboxylic acids is 1. The van der Waals surface area contributed by atoms with E-state index in [4.69, 9.17) is 9.84 Å². The number of hydrogen-bond acceptors (Lipinski definition) is 6. The van der Waals surface area contributed by atoms with Crippen LogP contribution in [-0.2, 0) is 14.3 Å². The number of ether oxygens (including phenoxy) is 2. The Kier molecular flexibility index (Phi) is 5.57. The lowest BCUT2D eigenvalue weighted by molar-refractivity contribution is -0.152. The van der Waals surface area contributed by atoms with Gasteiger partial charge in [-0.25, -0.2) is 9.59 Å². The van der Waals surface area contributed by atoms with Gasteiger partial charge in [-0.05, 0) is 43.3 Å². The molecule has 0 bridgehead atoms. The van der Waals surface area contributed by atoms with Crippen molar-refractivity contribution in [2.24, 2.45) is 0 Å².